The minimum atomic E-state index is -4.28. The summed E-state index contributed by atoms with van der Waals surface area (Å²) < 4.78 is 53.1. The Morgan fingerprint density at radius 3 is 2.48 bits per heavy atom. The van der Waals surface area contributed by atoms with Gasteiger partial charge in [-0.05, 0) is 24.3 Å². The van der Waals surface area contributed by atoms with Gasteiger partial charge in [0.1, 0.15) is 16.7 Å². The summed E-state index contributed by atoms with van der Waals surface area (Å²) in [5, 5.41) is 8.90. The molecule has 108 valence electrons. The highest BCUT2D eigenvalue weighted by atomic mass is 32.2. The van der Waals surface area contributed by atoms with Crippen molar-refractivity contribution in [1.29, 1.82) is 5.26 Å². The van der Waals surface area contributed by atoms with Gasteiger partial charge in [-0.1, -0.05) is 12.1 Å². The van der Waals surface area contributed by atoms with Crippen molar-refractivity contribution in [2.75, 3.05) is 10.5 Å². The van der Waals surface area contributed by atoms with Crippen molar-refractivity contribution in [3.63, 3.8) is 0 Å². The van der Waals surface area contributed by atoms with Crippen LogP contribution in [0.2, 0.25) is 0 Å². The number of nitrogens with zero attached hydrogens (tertiary/aromatic N) is 1. The lowest BCUT2D eigenvalue weighted by molar-refractivity contribution is 0.512. The molecular weight excluding hydrogens is 300 g/mol. The van der Waals surface area contributed by atoms with Crippen LogP contribution >= 0.6 is 0 Å². The molecule has 0 amide bonds. The third-order valence-electron chi connectivity index (χ3n) is 2.66. The van der Waals surface area contributed by atoms with Gasteiger partial charge in [0.2, 0.25) is 0 Å². The molecule has 0 saturated carbocycles. The SMILES string of the molecule is N#Cc1ccccc1S(=O)(=O)Nc1c(N)ccc(F)c1F. The minimum absolute atomic E-state index is 0.125. The van der Waals surface area contributed by atoms with E-state index in [0.717, 1.165) is 12.1 Å². The van der Waals surface area contributed by atoms with Crippen molar-refractivity contribution in [2.45, 2.75) is 4.90 Å². The highest BCUT2D eigenvalue weighted by molar-refractivity contribution is 7.92. The molecular formula is C13H9F2N3O2S. The third kappa shape index (κ3) is 2.78. The first kappa shape index (κ1) is 14.7. The van der Waals surface area contributed by atoms with Crippen LogP contribution in [0, 0.1) is 23.0 Å². The zero-order valence-corrected chi connectivity index (χ0v) is 11.3. The number of halogens is 2. The molecule has 2 aromatic carbocycles. The third-order valence-corrected chi connectivity index (χ3v) is 4.07. The number of nitrogens with one attached hydrogen (secondary N) is 1. The average molecular weight is 309 g/mol. The zero-order valence-electron chi connectivity index (χ0n) is 10.5. The highest BCUT2D eigenvalue weighted by Gasteiger charge is 2.22. The van der Waals surface area contributed by atoms with Crippen LogP contribution in [0.4, 0.5) is 20.2 Å². The maximum absolute atomic E-state index is 13.6. The van der Waals surface area contributed by atoms with E-state index in [1.54, 1.807) is 6.07 Å². The first-order chi connectivity index (χ1) is 9.86. The molecule has 0 atom stereocenters. The zero-order chi connectivity index (χ0) is 15.6. The van der Waals surface area contributed by atoms with Crippen LogP contribution in [0.15, 0.2) is 41.3 Å². The molecule has 5 nitrogen and oxygen atoms in total. The van der Waals surface area contributed by atoms with E-state index >= 15 is 0 Å². The van der Waals surface area contributed by atoms with Crippen LogP contribution in [-0.4, -0.2) is 8.42 Å². The predicted molar refractivity (Wildman–Crippen MR) is 72.7 cm³/mol. The standard InChI is InChI=1S/C13H9F2N3O2S/c14-9-5-6-10(17)13(12(9)15)18-21(19,20)11-4-2-1-3-8(11)7-16/h1-6,18H,17H2. The van der Waals surface area contributed by atoms with E-state index in [-0.39, 0.29) is 16.1 Å². The predicted octanol–water partition coefficient (Wildman–Crippen LogP) is 2.22. The molecule has 0 aliphatic carbocycles. The Hall–Kier alpha value is -2.66. The maximum Gasteiger partial charge on any atom is 0.263 e. The van der Waals surface area contributed by atoms with Gasteiger partial charge in [0, 0.05) is 0 Å². The quantitative estimate of drug-likeness (QED) is 0.850. The number of anilines is 2. The lowest BCUT2D eigenvalue weighted by Crippen LogP contribution is -2.17. The monoisotopic (exact) mass is 309 g/mol. The molecule has 2 aromatic rings. The summed E-state index contributed by atoms with van der Waals surface area (Å²) in [5.41, 5.74) is 4.36. The number of nitrogen functional groups attached to an aromatic ring is 1. The summed E-state index contributed by atoms with van der Waals surface area (Å²) >= 11 is 0. The van der Waals surface area contributed by atoms with Crippen LogP contribution in [-0.2, 0) is 10.0 Å². The Morgan fingerprint density at radius 2 is 1.81 bits per heavy atom. The molecule has 0 saturated heterocycles. The van der Waals surface area contributed by atoms with Crippen LogP contribution in [0.1, 0.15) is 5.56 Å². The first-order valence-corrected chi connectivity index (χ1v) is 7.10. The topological polar surface area (TPSA) is 96.0 Å². The molecule has 0 unspecified atom stereocenters. The molecule has 0 aromatic heterocycles. The second-order valence-electron chi connectivity index (χ2n) is 4.04. The number of nitriles is 1. The van der Waals surface area contributed by atoms with Gasteiger partial charge in [-0.15, -0.1) is 0 Å². The Labute approximate surface area is 119 Å². The van der Waals surface area contributed by atoms with Crippen molar-refractivity contribution in [3.05, 3.63) is 53.6 Å². The van der Waals surface area contributed by atoms with E-state index in [1.165, 1.54) is 24.3 Å². The van der Waals surface area contributed by atoms with Crippen LogP contribution in [0.3, 0.4) is 0 Å². The number of benzene rings is 2. The maximum atomic E-state index is 13.6. The van der Waals surface area contributed by atoms with Crippen LogP contribution in [0.25, 0.3) is 0 Å². The second kappa shape index (κ2) is 5.38. The van der Waals surface area contributed by atoms with E-state index in [2.05, 4.69) is 0 Å². The van der Waals surface area contributed by atoms with Crippen molar-refractivity contribution >= 4 is 21.4 Å². The van der Waals surface area contributed by atoms with E-state index < -0.39 is 27.3 Å². The molecule has 0 heterocycles. The van der Waals surface area contributed by atoms with Crippen LogP contribution in [0.5, 0.6) is 0 Å². The van der Waals surface area contributed by atoms with Gasteiger partial charge in [-0.3, -0.25) is 4.72 Å². The average Bonchev–Trinajstić information content (AvgIpc) is 2.47. The van der Waals surface area contributed by atoms with Gasteiger partial charge >= 0.3 is 0 Å². The van der Waals surface area contributed by atoms with Gasteiger partial charge < -0.3 is 5.73 Å². The lowest BCUT2D eigenvalue weighted by atomic mass is 10.2. The van der Waals surface area contributed by atoms with E-state index in [9.17, 15) is 17.2 Å². The van der Waals surface area contributed by atoms with Crippen molar-refractivity contribution in [2.24, 2.45) is 0 Å². The minimum Gasteiger partial charge on any atom is -0.397 e. The lowest BCUT2D eigenvalue weighted by Gasteiger charge is -2.12. The summed E-state index contributed by atoms with van der Waals surface area (Å²) in [6.07, 6.45) is 0. The Balaban J connectivity index is 2.54. The first-order valence-electron chi connectivity index (χ1n) is 5.62. The molecule has 2 rings (SSSR count). The van der Waals surface area contributed by atoms with E-state index in [4.69, 9.17) is 11.0 Å². The van der Waals surface area contributed by atoms with Crippen molar-refractivity contribution in [1.82, 2.24) is 0 Å². The van der Waals surface area contributed by atoms with Gasteiger partial charge in [0.25, 0.3) is 10.0 Å². The Kier molecular flexibility index (Phi) is 3.78. The number of hydrogen-bond donors (Lipinski definition) is 2. The summed E-state index contributed by atoms with van der Waals surface area (Å²) in [4.78, 5) is -0.351. The number of rotatable bonds is 3. The van der Waals surface area contributed by atoms with E-state index in [1.807, 2.05) is 4.72 Å². The fourth-order valence-corrected chi connectivity index (χ4v) is 2.90. The van der Waals surface area contributed by atoms with Crippen LogP contribution < -0.4 is 10.5 Å². The molecule has 0 radical (unpaired) electrons. The normalized spacial score (nSPS) is 10.9. The highest BCUT2D eigenvalue weighted by Crippen LogP contribution is 2.28. The molecule has 21 heavy (non-hydrogen) atoms. The summed E-state index contributed by atoms with van der Waals surface area (Å²) in [7, 11) is -4.28. The smallest absolute Gasteiger partial charge is 0.263 e. The Morgan fingerprint density at radius 1 is 1.14 bits per heavy atom. The summed E-state index contributed by atoms with van der Waals surface area (Å²) in [5.74, 6) is -2.65. The summed E-state index contributed by atoms with van der Waals surface area (Å²) in [6.45, 7) is 0. The largest absolute Gasteiger partial charge is 0.397 e. The molecule has 3 N–H and O–H groups in total. The van der Waals surface area contributed by atoms with Crippen molar-refractivity contribution in [3.8, 4) is 6.07 Å². The number of sulfonamides is 1. The summed E-state index contributed by atoms with van der Waals surface area (Å²) in [6, 6.07) is 8.88. The second-order valence-corrected chi connectivity index (χ2v) is 5.69. The number of hydrogen-bond acceptors (Lipinski definition) is 4. The molecule has 0 aliphatic heterocycles. The van der Waals surface area contributed by atoms with Gasteiger partial charge in [0.05, 0.1) is 11.3 Å². The molecule has 0 bridgehead atoms. The fourth-order valence-electron chi connectivity index (χ4n) is 1.65. The van der Waals surface area contributed by atoms with Crippen molar-refractivity contribution < 1.29 is 17.2 Å². The fraction of sp³-hybridized carbons (Fsp3) is 0. The van der Waals surface area contributed by atoms with Gasteiger partial charge in [0.15, 0.2) is 11.6 Å². The van der Waals surface area contributed by atoms with E-state index in [0.29, 0.717) is 0 Å². The van der Waals surface area contributed by atoms with Gasteiger partial charge in [-0.2, -0.15) is 5.26 Å². The number of nitrogens with two attached hydrogens (primary N) is 1. The molecule has 8 heteroatoms. The molecule has 0 fully saturated rings. The molecule has 0 aliphatic rings. The van der Waals surface area contributed by atoms with Gasteiger partial charge in [-0.25, -0.2) is 17.2 Å². The Bertz CT molecular complexity index is 845. The molecule has 0 spiro atoms.